The lowest BCUT2D eigenvalue weighted by Crippen LogP contribution is -2.36. The van der Waals surface area contributed by atoms with Crippen molar-refractivity contribution in [1.82, 2.24) is 0 Å². The van der Waals surface area contributed by atoms with E-state index in [4.69, 9.17) is 10.00 Å². The average molecular weight is 230 g/mol. The number of hydrogen-bond donors (Lipinski definition) is 0. The summed E-state index contributed by atoms with van der Waals surface area (Å²) < 4.78 is 5.53. The van der Waals surface area contributed by atoms with Crippen molar-refractivity contribution < 1.29 is 9.53 Å². The van der Waals surface area contributed by atoms with Gasteiger partial charge in [-0.15, -0.1) is 0 Å². The van der Waals surface area contributed by atoms with Crippen molar-refractivity contribution in [3.63, 3.8) is 0 Å². The van der Waals surface area contributed by atoms with E-state index < -0.39 is 0 Å². The fourth-order valence-corrected chi connectivity index (χ4v) is 1.90. The Balaban J connectivity index is 2.19. The van der Waals surface area contributed by atoms with Crippen molar-refractivity contribution in [2.24, 2.45) is 0 Å². The Morgan fingerprint density at radius 1 is 1.59 bits per heavy atom. The molecule has 0 N–H and O–H groups in total. The first-order chi connectivity index (χ1) is 8.20. The number of benzene rings is 1. The fourth-order valence-electron chi connectivity index (χ4n) is 1.90. The lowest BCUT2D eigenvalue weighted by atomic mass is 10.1. The minimum Gasteiger partial charge on any atom is -0.490 e. The molecule has 4 heteroatoms. The van der Waals surface area contributed by atoms with Crippen LogP contribution in [0.4, 0.5) is 5.69 Å². The van der Waals surface area contributed by atoms with Crippen LogP contribution in [-0.2, 0) is 4.79 Å². The minimum atomic E-state index is -0.0538. The largest absolute Gasteiger partial charge is 0.490 e. The Kier molecular flexibility index (Phi) is 3.29. The zero-order valence-electron chi connectivity index (χ0n) is 9.77. The van der Waals surface area contributed by atoms with Crippen LogP contribution in [-0.4, -0.2) is 25.5 Å². The first kappa shape index (κ1) is 11.5. The molecule has 0 bridgehead atoms. The predicted octanol–water partition coefficient (Wildman–Crippen LogP) is 1.68. The van der Waals surface area contributed by atoms with E-state index in [0.29, 0.717) is 13.2 Å². The highest BCUT2D eigenvalue weighted by atomic mass is 16.5. The van der Waals surface area contributed by atoms with E-state index in [9.17, 15) is 4.79 Å². The maximum Gasteiger partial charge on any atom is 0.166 e. The molecule has 1 aliphatic rings. The van der Waals surface area contributed by atoms with Crippen LogP contribution >= 0.6 is 0 Å². The molecule has 0 spiro atoms. The second-order valence-electron chi connectivity index (χ2n) is 4.11. The molecule has 2 rings (SSSR count). The van der Waals surface area contributed by atoms with Gasteiger partial charge in [0.1, 0.15) is 12.4 Å². The van der Waals surface area contributed by atoms with Gasteiger partial charge in [0.05, 0.1) is 31.3 Å². The molecule has 1 aliphatic heterocycles. The standard InChI is InChI=1S/C13H14N2O2/c1-10-2-3-13-12(8-10)15(6-7-17-13)9-11(16)4-5-14/h2-3,8H,4,6-7,9H2,1H3. The van der Waals surface area contributed by atoms with Crippen molar-refractivity contribution in [3.05, 3.63) is 23.8 Å². The minimum absolute atomic E-state index is 0.0293. The van der Waals surface area contributed by atoms with Gasteiger partial charge in [0.15, 0.2) is 5.78 Å². The first-order valence-corrected chi connectivity index (χ1v) is 5.58. The monoisotopic (exact) mass is 230 g/mol. The predicted molar refractivity (Wildman–Crippen MR) is 64.1 cm³/mol. The van der Waals surface area contributed by atoms with Crippen molar-refractivity contribution in [1.29, 1.82) is 5.26 Å². The molecule has 0 radical (unpaired) electrons. The molecule has 0 saturated heterocycles. The molecular formula is C13H14N2O2. The van der Waals surface area contributed by atoms with E-state index in [0.717, 1.165) is 17.0 Å². The summed E-state index contributed by atoms with van der Waals surface area (Å²) in [6.07, 6.45) is -0.0293. The van der Waals surface area contributed by atoms with Gasteiger partial charge in [0.25, 0.3) is 0 Å². The van der Waals surface area contributed by atoms with Crippen LogP contribution in [0.3, 0.4) is 0 Å². The molecule has 0 unspecified atom stereocenters. The molecule has 0 saturated carbocycles. The Labute approximate surface area is 100 Å². The number of aryl methyl sites for hydroxylation is 1. The number of nitriles is 1. The Morgan fingerprint density at radius 3 is 3.18 bits per heavy atom. The molecule has 88 valence electrons. The van der Waals surface area contributed by atoms with Crippen molar-refractivity contribution in [2.45, 2.75) is 13.3 Å². The normalized spacial score (nSPS) is 13.5. The quantitative estimate of drug-likeness (QED) is 0.792. The van der Waals surface area contributed by atoms with Gasteiger partial charge in [-0.2, -0.15) is 5.26 Å². The molecular weight excluding hydrogens is 216 g/mol. The molecule has 17 heavy (non-hydrogen) atoms. The Morgan fingerprint density at radius 2 is 2.41 bits per heavy atom. The van der Waals surface area contributed by atoms with E-state index >= 15 is 0 Å². The van der Waals surface area contributed by atoms with Gasteiger partial charge in [-0.05, 0) is 24.6 Å². The molecule has 0 aliphatic carbocycles. The number of rotatable bonds is 3. The SMILES string of the molecule is Cc1ccc2c(c1)N(CC(=O)CC#N)CCO2. The second kappa shape index (κ2) is 4.88. The van der Waals surface area contributed by atoms with E-state index in [2.05, 4.69) is 0 Å². The van der Waals surface area contributed by atoms with Gasteiger partial charge < -0.3 is 9.64 Å². The Hall–Kier alpha value is -2.02. The van der Waals surface area contributed by atoms with Crippen molar-refractivity contribution in [3.8, 4) is 11.8 Å². The van der Waals surface area contributed by atoms with Gasteiger partial charge in [-0.25, -0.2) is 0 Å². The highest BCUT2D eigenvalue weighted by Crippen LogP contribution is 2.32. The van der Waals surface area contributed by atoms with Crippen LogP contribution in [0.15, 0.2) is 18.2 Å². The number of ether oxygens (including phenoxy) is 1. The topological polar surface area (TPSA) is 53.3 Å². The summed E-state index contributed by atoms with van der Waals surface area (Å²) in [5.41, 5.74) is 2.08. The van der Waals surface area contributed by atoms with Crippen molar-refractivity contribution >= 4 is 11.5 Å². The lowest BCUT2D eigenvalue weighted by Gasteiger charge is -2.30. The van der Waals surface area contributed by atoms with Gasteiger partial charge in [-0.1, -0.05) is 6.07 Å². The summed E-state index contributed by atoms with van der Waals surface area (Å²) in [6.45, 7) is 3.56. The van der Waals surface area contributed by atoms with E-state index in [1.54, 1.807) is 0 Å². The molecule has 1 heterocycles. The van der Waals surface area contributed by atoms with E-state index in [-0.39, 0.29) is 18.7 Å². The lowest BCUT2D eigenvalue weighted by molar-refractivity contribution is -0.116. The van der Waals surface area contributed by atoms with E-state index in [1.165, 1.54) is 0 Å². The van der Waals surface area contributed by atoms with Crippen LogP contribution in [0.2, 0.25) is 0 Å². The molecule has 0 fully saturated rings. The summed E-state index contributed by atoms with van der Waals surface area (Å²) in [6, 6.07) is 7.80. The van der Waals surface area contributed by atoms with Gasteiger partial charge in [0, 0.05) is 0 Å². The zero-order chi connectivity index (χ0) is 12.3. The first-order valence-electron chi connectivity index (χ1n) is 5.58. The van der Waals surface area contributed by atoms with Gasteiger partial charge in [0.2, 0.25) is 0 Å². The third kappa shape index (κ3) is 2.56. The average Bonchev–Trinajstić information content (AvgIpc) is 2.30. The zero-order valence-corrected chi connectivity index (χ0v) is 9.77. The summed E-state index contributed by atoms with van der Waals surface area (Å²) in [7, 11) is 0. The highest BCUT2D eigenvalue weighted by molar-refractivity contribution is 5.85. The Bertz CT molecular complexity index is 477. The number of fused-ring (bicyclic) bond motifs is 1. The second-order valence-corrected chi connectivity index (χ2v) is 4.11. The van der Waals surface area contributed by atoms with Crippen LogP contribution in [0, 0.1) is 18.3 Å². The van der Waals surface area contributed by atoms with Gasteiger partial charge >= 0.3 is 0 Å². The molecule has 4 nitrogen and oxygen atoms in total. The summed E-state index contributed by atoms with van der Waals surface area (Å²) >= 11 is 0. The maximum absolute atomic E-state index is 11.5. The highest BCUT2D eigenvalue weighted by Gasteiger charge is 2.19. The number of ketones is 1. The molecule has 0 aromatic heterocycles. The van der Waals surface area contributed by atoms with Gasteiger partial charge in [-0.3, -0.25) is 4.79 Å². The third-order valence-corrected chi connectivity index (χ3v) is 2.72. The molecule has 0 amide bonds. The maximum atomic E-state index is 11.5. The molecule has 1 aromatic rings. The number of carbonyl (C=O) groups excluding carboxylic acids is 1. The summed E-state index contributed by atoms with van der Waals surface area (Å²) in [5.74, 6) is 0.758. The van der Waals surface area contributed by atoms with E-state index in [1.807, 2.05) is 36.1 Å². The van der Waals surface area contributed by atoms with Crippen LogP contribution in [0.1, 0.15) is 12.0 Å². The summed E-state index contributed by atoms with van der Waals surface area (Å²) in [5, 5.41) is 8.49. The third-order valence-electron chi connectivity index (χ3n) is 2.72. The van der Waals surface area contributed by atoms with Crippen LogP contribution in [0.5, 0.6) is 5.75 Å². The van der Waals surface area contributed by atoms with Crippen LogP contribution < -0.4 is 9.64 Å². The van der Waals surface area contributed by atoms with Crippen LogP contribution in [0.25, 0.3) is 0 Å². The number of anilines is 1. The summed E-state index contributed by atoms with van der Waals surface area (Å²) in [4.78, 5) is 13.5. The number of hydrogen-bond acceptors (Lipinski definition) is 4. The molecule has 1 aromatic carbocycles. The smallest absolute Gasteiger partial charge is 0.166 e. The number of nitrogens with zero attached hydrogens (tertiary/aromatic N) is 2. The molecule has 0 atom stereocenters. The fraction of sp³-hybridized carbons (Fsp3) is 0.385. The number of Topliss-reactive ketones (excluding diaryl/α,β-unsaturated/α-hetero) is 1. The number of carbonyl (C=O) groups is 1. The van der Waals surface area contributed by atoms with Crippen molar-refractivity contribution in [2.75, 3.05) is 24.6 Å².